The quantitative estimate of drug-likeness (QED) is 0.841. The van der Waals surface area contributed by atoms with Gasteiger partial charge in [0.15, 0.2) is 0 Å². The molecular weight excluding hydrogens is 363 g/mol. The Hall–Kier alpha value is -1.87. The molecule has 2 heterocycles. The molecule has 1 saturated carbocycles. The van der Waals surface area contributed by atoms with E-state index in [0.29, 0.717) is 31.6 Å². The summed E-state index contributed by atoms with van der Waals surface area (Å²) in [5.74, 6) is 0.533. The van der Waals surface area contributed by atoms with Crippen LogP contribution in [0, 0.1) is 0 Å². The molecule has 1 aliphatic heterocycles. The van der Waals surface area contributed by atoms with E-state index in [1.54, 1.807) is 12.1 Å². The SMILES string of the molecule is O=C(N[C@@H]1CCC[C@H](OCC(F)(F)F)C1)c1ccc(N2CCOCC2)nc1. The van der Waals surface area contributed by atoms with Crippen molar-refractivity contribution in [2.45, 2.75) is 44.0 Å². The lowest BCUT2D eigenvalue weighted by molar-refractivity contribution is -0.188. The first-order valence-corrected chi connectivity index (χ1v) is 9.19. The third-order valence-electron chi connectivity index (χ3n) is 4.79. The molecule has 27 heavy (non-hydrogen) atoms. The second-order valence-corrected chi connectivity index (χ2v) is 6.89. The van der Waals surface area contributed by atoms with E-state index in [-0.39, 0.29) is 11.9 Å². The fraction of sp³-hybridized carbons (Fsp3) is 0.667. The number of rotatable bonds is 5. The van der Waals surface area contributed by atoms with E-state index in [0.717, 1.165) is 31.7 Å². The summed E-state index contributed by atoms with van der Waals surface area (Å²) in [6.45, 7) is 1.59. The Morgan fingerprint density at radius 3 is 2.74 bits per heavy atom. The molecule has 1 aromatic heterocycles. The maximum Gasteiger partial charge on any atom is 0.411 e. The fourth-order valence-electron chi connectivity index (χ4n) is 3.41. The van der Waals surface area contributed by atoms with Gasteiger partial charge in [-0.25, -0.2) is 4.98 Å². The summed E-state index contributed by atoms with van der Waals surface area (Å²) in [5, 5.41) is 2.89. The number of morpholine rings is 1. The summed E-state index contributed by atoms with van der Waals surface area (Å²) < 4.78 is 47.1. The van der Waals surface area contributed by atoms with Crippen LogP contribution in [0.2, 0.25) is 0 Å². The average molecular weight is 387 g/mol. The van der Waals surface area contributed by atoms with Gasteiger partial charge in [-0.2, -0.15) is 13.2 Å². The highest BCUT2D eigenvalue weighted by Gasteiger charge is 2.31. The van der Waals surface area contributed by atoms with Crippen LogP contribution in [0.3, 0.4) is 0 Å². The maximum absolute atomic E-state index is 12.4. The number of aromatic nitrogens is 1. The number of halogens is 3. The number of ether oxygens (including phenoxy) is 2. The molecule has 150 valence electrons. The van der Waals surface area contributed by atoms with Crippen molar-refractivity contribution in [3.8, 4) is 0 Å². The second-order valence-electron chi connectivity index (χ2n) is 6.89. The van der Waals surface area contributed by atoms with Gasteiger partial charge in [-0.1, -0.05) is 0 Å². The highest BCUT2D eigenvalue weighted by atomic mass is 19.4. The molecule has 1 aliphatic carbocycles. The summed E-state index contributed by atoms with van der Waals surface area (Å²) in [6, 6.07) is 3.33. The van der Waals surface area contributed by atoms with Gasteiger partial charge in [0.1, 0.15) is 12.4 Å². The Morgan fingerprint density at radius 1 is 1.30 bits per heavy atom. The van der Waals surface area contributed by atoms with Gasteiger partial charge in [-0.05, 0) is 37.8 Å². The summed E-state index contributed by atoms with van der Waals surface area (Å²) in [4.78, 5) is 18.9. The highest BCUT2D eigenvalue weighted by Crippen LogP contribution is 2.24. The van der Waals surface area contributed by atoms with Crippen molar-refractivity contribution in [3.05, 3.63) is 23.9 Å². The normalized spacial score (nSPS) is 23.9. The molecule has 2 aliphatic rings. The highest BCUT2D eigenvalue weighted by molar-refractivity contribution is 5.94. The van der Waals surface area contributed by atoms with Crippen molar-refractivity contribution in [2.75, 3.05) is 37.8 Å². The molecule has 1 aromatic rings. The molecule has 2 atom stereocenters. The molecule has 3 rings (SSSR count). The number of pyridine rings is 1. The van der Waals surface area contributed by atoms with E-state index < -0.39 is 18.9 Å². The van der Waals surface area contributed by atoms with Gasteiger partial charge in [-0.15, -0.1) is 0 Å². The number of carbonyl (C=O) groups excluding carboxylic acids is 1. The number of hydrogen-bond acceptors (Lipinski definition) is 5. The van der Waals surface area contributed by atoms with Crippen LogP contribution in [0.1, 0.15) is 36.0 Å². The van der Waals surface area contributed by atoms with E-state index in [9.17, 15) is 18.0 Å². The number of alkyl halides is 3. The third kappa shape index (κ3) is 6.07. The molecule has 1 saturated heterocycles. The molecule has 0 radical (unpaired) electrons. The molecule has 2 fully saturated rings. The van der Waals surface area contributed by atoms with Gasteiger partial charge < -0.3 is 19.7 Å². The molecule has 6 nitrogen and oxygen atoms in total. The predicted octanol–water partition coefficient (Wildman–Crippen LogP) is 2.54. The second kappa shape index (κ2) is 8.88. The molecular formula is C18H24F3N3O3. The van der Waals surface area contributed by atoms with Gasteiger partial charge in [0.05, 0.1) is 24.9 Å². The third-order valence-corrected chi connectivity index (χ3v) is 4.79. The number of carbonyl (C=O) groups is 1. The Labute approximate surface area is 156 Å². The molecule has 0 unspecified atom stereocenters. The van der Waals surface area contributed by atoms with Crippen molar-refractivity contribution < 1.29 is 27.4 Å². The summed E-state index contributed by atoms with van der Waals surface area (Å²) in [6.07, 6.45) is -0.852. The van der Waals surface area contributed by atoms with Crippen LogP contribution < -0.4 is 10.2 Å². The molecule has 9 heteroatoms. The van der Waals surface area contributed by atoms with Crippen molar-refractivity contribution in [2.24, 2.45) is 0 Å². The van der Waals surface area contributed by atoms with Crippen molar-refractivity contribution >= 4 is 11.7 Å². The minimum atomic E-state index is -4.33. The Kier molecular flexibility index (Phi) is 6.54. The number of nitrogens with one attached hydrogen (secondary N) is 1. The van der Waals surface area contributed by atoms with Crippen LogP contribution in [0.15, 0.2) is 18.3 Å². The molecule has 0 bridgehead atoms. The molecule has 0 aromatic carbocycles. The molecule has 1 N–H and O–H groups in total. The monoisotopic (exact) mass is 387 g/mol. The summed E-state index contributed by atoms with van der Waals surface area (Å²) in [5.41, 5.74) is 0.436. The minimum absolute atomic E-state index is 0.191. The van der Waals surface area contributed by atoms with Gasteiger partial charge in [0.2, 0.25) is 0 Å². The molecule has 0 spiro atoms. The van der Waals surface area contributed by atoms with Gasteiger partial charge in [0, 0.05) is 25.3 Å². The largest absolute Gasteiger partial charge is 0.411 e. The average Bonchev–Trinajstić information content (AvgIpc) is 2.67. The summed E-state index contributed by atoms with van der Waals surface area (Å²) in [7, 11) is 0. The topological polar surface area (TPSA) is 63.7 Å². The zero-order chi connectivity index (χ0) is 19.3. The van der Waals surface area contributed by atoms with Crippen molar-refractivity contribution in [1.82, 2.24) is 10.3 Å². The van der Waals surface area contributed by atoms with E-state index >= 15 is 0 Å². The van der Waals surface area contributed by atoms with Crippen molar-refractivity contribution in [1.29, 1.82) is 0 Å². The molecule has 1 amide bonds. The zero-order valence-electron chi connectivity index (χ0n) is 15.0. The van der Waals surface area contributed by atoms with E-state index in [1.165, 1.54) is 6.20 Å². The predicted molar refractivity (Wildman–Crippen MR) is 92.8 cm³/mol. The van der Waals surface area contributed by atoms with E-state index in [1.807, 2.05) is 0 Å². The van der Waals surface area contributed by atoms with Gasteiger partial charge in [-0.3, -0.25) is 4.79 Å². The van der Waals surface area contributed by atoms with Gasteiger partial charge in [0.25, 0.3) is 5.91 Å². The Bertz CT molecular complexity index is 619. The van der Waals surface area contributed by atoms with Crippen LogP contribution in [-0.4, -0.2) is 62.1 Å². The fourth-order valence-corrected chi connectivity index (χ4v) is 3.41. The van der Waals surface area contributed by atoms with Crippen LogP contribution >= 0.6 is 0 Å². The zero-order valence-corrected chi connectivity index (χ0v) is 15.0. The van der Waals surface area contributed by atoms with E-state index in [2.05, 4.69) is 15.2 Å². The first-order chi connectivity index (χ1) is 12.9. The lowest BCUT2D eigenvalue weighted by Gasteiger charge is -2.30. The van der Waals surface area contributed by atoms with Crippen LogP contribution in [0.5, 0.6) is 0 Å². The Morgan fingerprint density at radius 2 is 2.07 bits per heavy atom. The number of amides is 1. The maximum atomic E-state index is 12.4. The van der Waals surface area contributed by atoms with Gasteiger partial charge >= 0.3 is 6.18 Å². The standard InChI is InChI=1S/C18H24F3N3O3/c19-18(20,21)12-27-15-3-1-2-14(10-15)23-17(25)13-4-5-16(22-11-13)24-6-8-26-9-7-24/h4-5,11,14-15H,1-3,6-10,12H2,(H,23,25)/t14-,15+/m1/s1. The van der Waals surface area contributed by atoms with E-state index in [4.69, 9.17) is 9.47 Å². The smallest absolute Gasteiger partial charge is 0.378 e. The number of anilines is 1. The van der Waals surface area contributed by atoms with Crippen molar-refractivity contribution in [3.63, 3.8) is 0 Å². The Balaban J connectivity index is 1.50. The number of hydrogen-bond donors (Lipinski definition) is 1. The number of nitrogens with zero attached hydrogens (tertiary/aromatic N) is 2. The first kappa shape index (κ1) is 19.9. The van der Waals surface area contributed by atoms with Crippen LogP contribution in [0.25, 0.3) is 0 Å². The lowest BCUT2D eigenvalue weighted by atomic mass is 9.92. The summed E-state index contributed by atoms with van der Waals surface area (Å²) >= 11 is 0. The first-order valence-electron chi connectivity index (χ1n) is 9.19. The lowest BCUT2D eigenvalue weighted by Crippen LogP contribution is -2.41. The van der Waals surface area contributed by atoms with Crippen LogP contribution in [-0.2, 0) is 9.47 Å². The minimum Gasteiger partial charge on any atom is -0.378 e. The van der Waals surface area contributed by atoms with Crippen LogP contribution in [0.4, 0.5) is 19.0 Å².